The highest BCUT2D eigenvalue weighted by molar-refractivity contribution is 6.30. The molecule has 1 heterocycles. The van der Waals surface area contributed by atoms with Crippen LogP contribution in [0, 0.1) is 0 Å². The second kappa shape index (κ2) is 9.19. The Kier molecular flexibility index (Phi) is 6.01. The first-order chi connectivity index (χ1) is 15.1. The number of carbonyl (C=O) groups is 2. The maximum atomic E-state index is 13.0. The summed E-state index contributed by atoms with van der Waals surface area (Å²) < 4.78 is 1.61. The van der Waals surface area contributed by atoms with Crippen molar-refractivity contribution in [3.05, 3.63) is 119 Å². The number of para-hydroxylation sites is 1. The van der Waals surface area contributed by atoms with E-state index in [4.69, 9.17) is 11.6 Å². The lowest BCUT2D eigenvalue weighted by Gasteiger charge is -2.00. The normalized spacial score (nSPS) is 10.9. The minimum atomic E-state index is -0.390. The summed E-state index contributed by atoms with van der Waals surface area (Å²) in [5, 5.41) is 9.03. The van der Waals surface area contributed by atoms with Gasteiger partial charge in [-0.15, -0.1) is 0 Å². The zero-order valence-corrected chi connectivity index (χ0v) is 17.0. The van der Waals surface area contributed by atoms with Crippen LogP contribution in [0.15, 0.2) is 96.2 Å². The topological polar surface area (TPSA) is 76.3 Å². The zero-order chi connectivity index (χ0) is 21.6. The Labute approximate surface area is 183 Å². The SMILES string of the molecule is O=C(N/N=C\c1cn(-c2ccccc2)nc1C(=O)c1ccccc1)c1ccc(Cl)cc1. The summed E-state index contributed by atoms with van der Waals surface area (Å²) >= 11 is 5.85. The number of benzene rings is 3. The van der Waals surface area contributed by atoms with Crippen LogP contribution >= 0.6 is 11.6 Å². The van der Waals surface area contributed by atoms with Gasteiger partial charge >= 0.3 is 0 Å². The highest BCUT2D eigenvalue weighted by Gasteiger charge is 2.18. The highest BCUT2D eigenvalue weighted by Crippen LogP contribution is 2.15. The van der Waals surface area contributed by atoms with Crippen LogP contribution in [-0.4, -0.2) is 27.7 Å². The van der Waals surface area contributed by atoms with Crippen molar-refractivity contribution in [3.8, 4) is 5.69 Å². The molecule has 31 heavy (non-hydrogen) atoms. The van der Waals surface area contributed by atoms with Crippen LogP contribution in [0.4, 0.5) is 0 Å². The van der Waals surface area contributed by atoms with Crippen molar-refractivity contribution < 1.29 is 9.59 Å². The third-order valence-electron chi connectivity index (χ3n) is 4.49. The fourth-order valence-corrected chi connectivity index (χ4v) is 3.05. The van der Waals surface area contributed by atoms with Crippen LogP contribution in [0.3, 0.4) is 0 Å². The van der Waals surface area contributed by atoms with Gasteiger partial charge in [-0.3, -0.25) is 9.59 Å². The van der Waals surface area contributed by atoms with E-state index < -0.39 is 0 Å². The van der Waals surface area contributed by atoms with Crippen LogP contribution in [0.1, 0.15) is 32.0 Å². The van der Waals surface area contributed by atoms with E-state index in [0.29, 0.717) is 21.7 Å². The third kappa shape index (κ3) is 4.76. The molecule has 1 aromatic heterocycles. The number of nitrogens with zero attached hydrogens (tertiary/aromatic N) is 3. The molecule has 4 rings (SSSR count). The Morgan fingerprint density at radius 1 is 0.871 bits per heavy atom. The summed E-state index contributed by atoms with van der Waals surface area (Å²) in [6, 6.07) is 24.8. The summed E-state index contributed by atoms with van der Waals surface area (Å²) in [5.41, 5.74) is 4.91. The van der Waals surface area contributed by atoms with Gasteiger partial charge in [0.1, 0.15) is 5.69 Å². The van der Waals surface area contributed by atoms with Crippen molar-refractivity contribution in [1.82, 2.24) is 15.2 Å². The predicted octanol–water partition coefficient (Wildman–Crippen LogP) is 4.52. The van der Waals surface area contributed by atoms with Crippen molar-refractivity contribution in [1.29, 1.82) is 0 Å². The van der Waals surface area contributed by atoms with E-state index >= 15 is 0 Å². The van der Waals surface area contributed by atoms with Gasteiger partial charge in [0.05, 0.1) is 11.9 Å². The Morgan fingerprint density at radius 3 is 2.19 bits per heavy atom. The molecule has 152 valence electrons. The molecular weight excluding hydrogens is 412 g/mol. The summed E-state index contributed by atoms with van der Waals surface area (Å²) in [4.78, 5) is 25.3. The van der Waals surface area contributed by atoms with E-state index in [1.54, 1.807) is 59.4 Å². The van der Waals surface area contributed by atoms with Crippen LogP contribution in [0.5, 0.6) is 0 Å². The molecule has 3 aromatic carbocycles. The molecule has 0 fully saturated rings. The van der Waals surface area contributed by atoms with Gasteiger partial charge < -0.3 is 0 Å². The van der Waals surface area contributed by atoms with Gasteiger partial charge in [0.15, 0.2) is 0 Å². The van der Waals surface area contributed by atoms with Crippen LogP contribution in [-0.2, 0) is 0 Å². The monoisotopic (exact) mass is 428 g/mol. The lowest BCUT2D eigenvalue weighted by Crippen LogP contribution is -2.17. The molecular formula is C24H17ClN4O2. The second-order valence-corrected chi connectivity index (χ2v) is 7.05. The van der Waals surface area contributed by atoms with E-state index in [-0.39, 0.29) is 17.4 Å². The van der Waals surface area contributed by atoms with Gasteiger partial charge in [0.25, 0.3) is 5.91 Å². The molecule has 0 aliphatic rings. The van der Waals surface area contributed by atoms with E-state index in [9.17, 15) is 9.59 Å². The average molecular weight is 429 g/mol. The molecule has 0 aliphatic heterocycles. The van der Waals surface area contributed by atoms with Crippen molar-refractivity contribution in [2.45, 2.75) is 0 Å². The number of carbonyl (C=O) groups excluding carboxylic acids is 2. The van der Waals surface area contributed by atoms with Crippen LogP contribution < -0.4 is 5.43 Å². The van der Waals surface area contributed by atoms with Gasteiger partial charge in [-0.25, -0.2) is 10.1 Å². The molecule has 0 atom stereocenters. The Bertz CT molecular complexity index is 1230. The number of nitrogens with one attached hydrogen (secondary N) is 1. The quantitative estimate of drug-likeness (QED) is 0.278. The van der Waals surface area contributed by atoms with Crippen molar-refractivity contribution >= 4 is 29.5 Å². The van der Waals surface area contributed by atoms with Crippen LogP contribution in [0.25, 0.3) is 5.69 Å². The van der Waals surface area contributed by atoms with Gasteiger partial charge in [-0.1, -0.05) is 60.1 Å². The highest BCUT2D eigenvalue weighted by atomic mass is 35.5. The van der Waals surface area contributed by atoms with Crippen LogP contribution in [0.2, 0.25) is 5.02 Å². The average Bonchev–Trinajstić information content (AvgIpc) is 3.24. The maximum absolute atomic E-state index is 13.0. The zero-order valence-electron chi connectivity index (χ0n) is 16.3. The molecule has 7 heteroatoms. The van der Waals surface area contributed by atoms with Gasteiger partial charge in [-0.05, 0) is 36.4 Å². The second-order valence-electron chi connectivity index (χ2n) is 6.61. The summed E-state index contributed by atoms with van der Waals surface area (Å²) in [6.45, 7) is 0. The minimum Gasteiger partial charge on any atom is -0.287 e. The van der Waals surface area contributed by atoms with E-state index in [2.05, 4.69) is 15.6 Å². The number of hydrogen-bond donors (Lipinski definition) is 1. The van der Waals surface area contributed by atoms with Crippen molar-refractivity contribution in [2.75, 3.05) is 0 Å². The number of ketones is 1. The van der Waals surface area contributed by atoms with E-state index in [1.165, 1.54) is 6.21 Å². The molecule has 1 N–H and O–H groups in total. The van der Waals surface area contributed by atoms with Gasteiger partial charge in [-0.2, -0.15) is 10.2 Å². The molecule has 0 bridgehead atoms. The number of aromatic nitrogens is 2. The summed E-state index contributed by atoms with van der Waals surface area (Å²) in [6.07, 6.45) is 3.11. The third-order valence-corrected chi connectivity index (χ3v) is 4.74. The number of hydrogen-bond acceptors (Lipinski definition) is 4. The van der Waals surface area contributed by atoms with Gasteiger partial charge in [0.2, 0.25) is 5.78 Å². The van der Waals surface area contributed by atoms with Crippen molar-refractivity contribution in [2.24, 2.45) is 5.10 Å². The minimum absolute atomic E-state index is 0.235. The molecule has 4 aromatic rings. The molecule has 0 aliphatic carbocycles. The Morgan fingerprint density at radius 2 is 1.52 bits per heavy atom. The molecule has 0 saturated carbocycles. The lowest BCUT2D eigenvalue weighted by atomic mass is 10.1. The smallest absolute Gasteiger partial charge is 0.271 e. The summed E-state index contributed by atoms with van der Waals surface area (Å²) in [7, 11) is 0. The fraction of sp³-hybridized carbons (Fsp3) is 0. The number of halogens is 1. The first-order valence-corrected chi connectivity index (χ1v) is 9.83. The fourth-order valence-electron chi connectivity index (χ4n) is 2.92. The number of rotatable bonds is 6. The van der Waals surface area contributed by atoms with Crippen molar-refractivity contribution in [3.63, 3.8) is 0 Å². The maximum Gasteiger partial charge on any atom is 0.271 e. The summed E-state index contributed by atoms with van der Waals surface area (Å²) in [5.74, 6) is -0.625. The largest absolute Gasteiger partial charge is 0.287 e. The molecule has 0 unspecified atom stereocenters. The molecule has 0 spiro atoms. The predicted molar refractivity (Wildman–Crippen MR) is 120 cm³/mol. The lowest BCUT2D eigenvalue weighted by molar-refractivity contribution is 0.0954. The first-order valence-electron chi connectivity index (χ1n) is 9.45. The van der Waals surface area contributed by atoms with Gasteiger partial charge in [0, 0.05) is 27.9 Å². The molecule has 0 radical (unpaired) electrons. The standard InChI is InChI=1S/C24H17ClN4O2/c25-20-13-11-18(12-14-20)24(31)27-26-15-19-16-29(21-9-5-2-6-10-21)28-22(19)23(30)17-7-3-1-4-8-17/h1-16H,(H,27,31)/b26-15-. The molecule has 1 amide bonds. The van der Waals surface area contributed by atoms with E-state index in [0.717, 1.165) is 5.69 Å². The number of hydrazone groups is 1. The first kappa shape index (κ1) is 20.3. The van der Waals surface area contributed by atoms with E-state index in [1.807, 2.05) is 36.4 Å². The molecule has 0 saturated heterocycles. The number of amides is 1. The Balaban J connectivity index is 1.62. The Hall–Kier alpha value is -4.03. The molecule has 6 nitrogen and oxygen atoms in total.